The van der Waals surface area contributed by atoms with Gasteiger partial charge in [-0.05, 0) is 35.9 Å². The van der Waals surface area contributed by atoms with Crippen molar-refractivity contribution in [2.75, 3.05) is 46.2 Å². The van der Waals surface area contributed by atoms with E-state index >= 15 is 0 Å². The average molecular weight is 553 g/mol. The summed E-state index contributed by atoms with van der Waals surface area (Å²) in [7, 11) is 6.96. The minimum absolute atomic E-state index is 0.0393. The second kappa shape index (κ2) is 11.9. The van der Waals surface area contributed by atoms with Crippen molar-refractivity contribution < 1.29 is 42.9 Å². The lowest BCUT2D eigenvalue weighted by Crippen LogP contribution is -2.24. The van der Waals surface area contributed by atoms with E-state index in [1.165, 1.54) is 58.4 Å². The minimum atomic E-state index is -0.969. The standard InChI is InChI=1S/C27H28N4O9/c1-36-13-18-23(14-6-7-20(37-2)21(11-14)38-3)24-29-25(33)19(31(24)30-18)12-22(32)28-17-9-15(26(34)39-4)8-16(10-17)27(35)40-5/h6-11,19H,12-13H2,1-5H3,(H,28,32)(H,29,33). The molecular weight excluding hydrogens is 524 g/mol. The predicted molar refractivity (Wildman–Crippen MR) is 142 cm³/mol. The van der Waals surface area contributed by atoms with E-state index in [2.05, 4.69) is 15.7 Å². The Balaban J connectivity index is 1.64. The van der Waals surface area contributed by atoms with Crippen molar-refractivity contribution in [3.63, 3.8) is 0 Å². The number of nitrogens with one attached hydrogen (secondary N) is 2. The lowest BCUT2D eigenvalue weighted by molar-refractivity contribution is -0.123. The average Bonchev–Trinajstić information content (AvgIpc) is 3.45. The molecule has 2 aromatic carbocycles. The number of anilines is 2. The summed E-state index contributed by atoms with van der Waals surface area (Å²) in [5.74, 6) is -0.957. The van der Waals surface area contributed by atoms with Crippen LogP contribution in [0.15, 0.2) is 36.4 Å². The molecule has 0 aliphatic carbocycles. The number of hydrogen-bond donors (Lipinski definition) is 2. The molecule has 1 atom stereocenters. The van der Waals surface area contributed by atoms with Crippen molar-refractivity contribution in [1.29, 1.82) is 0 Å². The molecule has 0 fully saturated rings. The Kier molecular flexibility index (Phi) is 8.34. The molecule has 13 heteroatoms. The van der Waals surface area contributed by atoms with Gasteiger partial charge in [0.2, 0.25) is 5.91 Å². The number of carbonyl (C=O) groups excluding carboxylic acids is 4. The van der Waals surface area contributed by atoms with Crippen LogP contribution in [0.25, 0.3) is 11.1 Å². The van der Waals surface area contributed by atoms with Crippen LogP contribution in [0.2, 0.25) is 0 Å². The van der Waals surface area contributed by atoms with E-state index in [0.29, 0.717) is 34.1 Å². The van der Waals surface area contributed by atoms with Crippen LogP contribution >= 0.6 is 0 Å². The summed E-state index contributed by atoms with van der Waals surface area (Å²) in [6.07, 6.45) is -0.283. The number of amides is 2. The third-order valence-electron chi connectivity index (χ3n) is 6.21. The molecule has 4 rings (SSSR count). The number of fused-ring (bicyclic) bond motifs is 1. The van der Waals surface area contributed by atoms with Gasteiger partial charge in [0.15, 0.2) is 11.5 Å². The molecule has 3 aromatic rings. The molecule has 2 amide bonds. The highest BCUT2D eigenvalue weighted by Crippen LogP contribution is 2.41. The largest absolute Gasteiger partial charge is 0.493 e. The Labute approximate surface area is 229 Å². The zero-order chi connectivity index (χ0) is 29.0. The fraction of sp³-hybridized carbons (Fsp3) is 0.296. The summed E-state index contributed by atoms with van der Waals surface area (Å²) in [5, 5.41) is 10.0. The normalized spacial score (nSPS) is 13.7. The molecule has 40 heavy (non-hydrogen) atoms. The van der Waals surface area contributed by atoms with E-state index in [9.17, 15) is 19.2 Å². The molecule has 0 spiro atoms. The van der Waals surface area contributed by atoms with Crippen molar-refractivity contribution in [3.05, 3.63) is 53.2 Å². The van der Waals surface area contributed by atoms with Crippen molar-refractivity contribution in [2.24, 2.45) is 0 Å². The van der Waals surface area contributed by atoms with Gasteiger partial charge in [0.1, 0.15) is 11.9 Å². The third-order valence-corrected chi connectivity index (χ3v) is 6.21. The number of ether oxygens (including phenoxy) is 5. The topological polar surface area (TPSA) is 156 Å². The Hall–Kier alpha value is -4.91. The number of methoxy groups -OCH3 is 5. The molecule has 2 heterocycles. The van der Waals surface area contributed by atoms with Gasteiger partial charge in [-0.15, -0.1) is 0 Å². The van der Waals surface area contributed by atoms with Crippen LogP contribution < -0.4 is 20.1 Å². The molecule has 1 unspecified atom stereocenters. The number of nitrogens with zero attached hydrogens (tertiary/aromatic N) is 2. The molecule has 1 aromatic heterocycles. The predicted octanol–water partition coefficient (Wildman–Crippen LogP) is 2.81. The van der Waals surface area contributed by atoms with Crippen molar-refractivity contribution in [3.8, 4) is 22.6 Å². The minimum Gasteiger partial charge on any atom is -0.493 e. The van der Waals surface area contributed by atoms with Crippen LogP contribution in [-0.4, -0.2) is 69.1 Å². The van der Waals surface area contributed by atoms with Gasteiger partial charge in [-0.1, -0.05) is 6.07 Å². The molecule has 1 aliphatic rings. The molecule has 1 aliphatic heterocycles. The van der Waals surface area contributed by atoms with Crippen LogP contribution in [0.3, 0.4) is 0 Å². The van der Waals surface area contributed by atoms with Gasteiger partial charge in [-0.3, -0.25) is 9.59 Å². The summed E-state index contributed by atoms with van der Waals surface area (Å²) in [4.78, 5) is 50.2. The summed E-state index contributed by atoms with van der Waals surface area (Å²) >= 11 is 0. The maximum atomic E-state index is 13.0. The lowest BCUT2D eigenvalue weighted by atomic mass is 10.0. The van der Waals surface area contributed by atoms with Gasteiger partial charge in [0.25, 0.3) is 5.91 Å². The van der Waals surface area contributed by atoms with Crippen molar-refractivity contribution in [2.45, 2.75) is 19.1 Å². The summed E-state index contributed by atoms with van der Waals surface area (Å²) < 4.78 is 27.0. The van der Waals surface area contributed by atoms with E-state index in [-0.39, 0.29) is 29.8 Å². The van der Waals surface area contributed by atoms with Gasteiger partial charge in [-0.2, -0.15) is 5.10 Å². The first kappa shape index (κ1) is 28.1. The fourth-order valence-electron chi connectivity index (χ4n) is 4.41. The molecular formula is C27H28N4O9. The van der Waals surface area contributed by atoms with Gasteiger partial charge < -0.3 is 34.3 Å². The molecule has 13 nitrogen and oxygen atoms in total. The molecule has 0 radical (unpaired) electrons. The van der Waals surface area contributed by atoms with Gasteiger partial charge in [0, 0.05) is 12.8 Å². The maximum Gasteiger partial charge on any atom is 0.337 e. The Morgan fingerprint density at radius 1 is 0.925 bits per heavy atom. The molecule has 2 N–H and O–H groups in total. The van der Waals surface area contributed by atoms with Gasteiger partial charge in [-0.25, -0.2) is 14.3 Å². The second-order valence-electron chi connectivity index (χ2n) is 8.66. The van der Waals surface area contributed by atoms with Crippen molar-refractivity contribution >= 4 is 35.3 Å². The monoisotopic (exact) mass is 552 g/mol. The maximum absolute atomic E-state index is 13.0. The van der Waals surface area contributed by atoms with Crippen LogP contribution in [-0.2, 0) is 30.4 Å². The zero-order valence-corrected chi connectivity index (χ0v) is 22.5. The Morgan fingerprint density at radius 3 is 2.15 bits per heavy atom. The number of hydrogen-bond acceptors (Lipinski definition) is 10. The first-order valence-corrected chi connectivity index (χ1v) is 12.0. The van der Waals surface area contributed by atoms with E-state index in [4.69, 9.17) is 23.7 Å². The summed E-state index contributed by atoms with van der Waals surface area (Å²) in [6.45, 7) is 0.148. The first-order chi connectivity index (χ1) is 19.2. The van der Waals surface area contributed by atoms with Gasteiger partial charge in [0.05, 0.1) is 63.9 Å². The lowest BCUT2D eigenvalue weighted by Gasteiger charge is -2.12. The molecule has 0 saturated heterocycles. The highest BCUT2D eigenvalue weighted by atomic mass is 16.5. The fourth-order valence-corrected chi connectivity index (χ4v) is 4.41. The van der Waals surface area contributed by atoms with E-state index < -0.39 is 29.8 Å². The second-order valence-corrected chi connectivity index (χ2v) is 8.66. The van der Waals surface area contributed by atoms with Crippen LogP contribution in [0, 0.1) is 0 Å². The van der Waals surface area contributed by atoms with Crippen LogP contribution in [0.4, 0.5) is 11.5 Å². The Morgan fingerprint density at radius 2 is 1.57 bits per heavy atom. The SMILES string of the molecule is COCc1nn2c(c1-c1ccc(OC)c(OC)c1)NC(=O)C2CC(=O)Nc1cc(C(=O)OC)cc(C(=O)OC)c1. The summed E-state index contributed by atoms with van der Waals surface area (Å²) in [6, 6.07) is 8.34. The quantitative estimate of drug-likeness (QED) is 0.359. The zero-order valence-electron chi connectivity index (χ0n) is 22.5. The highest BCUT2D eigenvalue weighted by molar-refractivity contribution is 6.05. The van der Waals surface area contributed by atoms with E-state index in [1.807, 2.05) is 0 Å². The number of esters is 2. The molecule has 0 bridgehead atoms. The third kappa shape index (κ3) is 5.45. The van der Waals surface area contributed by atoms with E-state index in [1.54, 1.807) is 18.2 Å². The van der Waals surface area contributed by atoms with Crippen molar-refractivity contribution in [1.82, 2.24) is 9.78 Å². The van der Waals surface area contributed by atoms with Crippen LogP contribution in [0.1, 0.15) is 38.9 Å². The number of carbonyl (C=O) groups is 4. The first-order valence-electron chi connectivity index (χ1n) is 12.0. The number of rotatable bonds is 10. The molecule has 0 saturated carbocycles. The Bertz CT molecular complexity index is 1450. The number of aromatic nitrogens is 2. The smallest absolute Gasteiger partial charge is 0.337 e. The number of benzene rings is 2. The summed E-state index contributed by atoms with van der Waals surface area (Å²) in [5.41, 5.74) is 2.09. The molecule has 210 valence electrons. The highest BCUT2D eigenvalue weighted by Gasteiger charge is 2.37. The van der Waals surface area contributed by atoms with E-state index in [0.717, 1.165) is 0 Å². The van der Waals surface area contributed by atoms with Crippen LogP contribution in [0.5, 0.6) is 11.5 Å². The van der Waals surface area contributed by atoms with Gasteiger partial charge >= 0.3 is 11.9 Å².